The third-order valence-electron chi connectivity index (χ3n) is 8.66. The highest BCUT2D eigenvalue weighted by atomic mass is 32.1. The van der Waals surface area contributed by atoms with E-state index in [2.05, 4.69) is 51.3 Å². The van der Waals surface area contributed by atoms with E-state index in [1.54, 1.807) is 11.6 Å². The van der Waals surface area contributed by atoms with E-state index in [4.69, 9.17) is 9.47 Å². The number of benzene rings is 3. The molecule has 1 saturated heterocycles. The van der Waals surface area contributed by atoms with Crippen molar-refractivity contribution >= 4 is 34.0 Å². The van der Waals surface area contributed by atoms with E-state index < -0.39 is 17.8 Å². The molecule has 48 heavy (non-hydrogen) atoms. The van der Waals surface area contributed by atoms with Crippen molar-refractivity contribution in [1.82, 2.24) is 14.8 Å². The smallest absolute Gasteiger partial charge is 0.255 e. The predicted octanol–water partition coefficient (Wildman–Crippen LogP) is 5.56. The summed E-state index contributed by atoms with van der Waals surface area (Å²) in [6, 6.07) is 16.1. The molecular formula is C36H40FN5O5S. The van der Waals surface area contributed by atoms with Gasteiger partial charge in [-0.15, -0.1) is 11.3 Å². The number of carbonyl (C=O) groups is 2. The number of piperazine rings is 1. The van der Waals surface area contributed by atoms with Crippen LogP contribution in [0.3, 0.4) is 0 Å². The number of phenolic OH excluding ortho intramolecular Hbond substituents is 1. The summed E-state index contributed by atoms with van der Waals surface area (Å²) >= 11 is 1.22. The Balaban J connectivity index is 1.10. The summed E-state index contributed by atoms with van der Waals surface area (Å²) in [6.45, 7) is 9.70. The van der Waals surface area contributed by atoms with Crippen molar-refractivity contribution in [3.63, 3.8) is 0 Å². The van der Waals surface area contributed by atoms with Gasteiger partial charge in [-0.05, 0) is 59.5 Å². The quantitative estimate of drug-likeness (QED) is 0.168. The average Bonchev–Trinajstić information content (AvgIpc) is 3.73. The van der Waals surface area contributed by atoms with Crippen molar-refractivity contribution < 1.29 is 28.6 Å². The van der Waals surface area contributed by atoms with Gasteiger partial charge in [0.1, 0.15) is 17.6 Å². The number of amides is 2. The number of carbonyl (C=O) groups excluding carboxylic acids is 2. The van der Waals surface area contributed by atoms with Gasteiger partial charge >= 0.3 is 0 Å². The summed E-state index contributed by atoms with van der Waals surface area (Å²) in [6.07, 6.45) is 2.57. The third kappa shape index (κ3) is 7.84. The second-order valence-corrected chi connectivity index (χ2v) is 12.7. The SMILES string of the molecule is CCCOCCOCCN1CCN(c2ccc(-c3ccc4c(c3)C(=O)N(C(C(=O)Nc3nccs3)c3cc(F)ccc3O)C4)cc2)CC1. The highest BCUT2D eigenvalue weighted by molar-refractivity contribution is 7.13. The van der Waals surface area contributed by atoms with Crippen LogP contribution < -0.4 is 10.2 Å². The zero-order chi connectivity index (χ0) is 33.5. The first-order chi connectivity index (χ1) is 23.4. The monoisotopic (exact) mass is 673 g/mol. The molecule has 0 spiro atoms. The lowest BCUT2D eigenvalue weighted by Gasteiger charge is -2.36. The van der Waals surface area contributed by atoms with Gasteiger partial charge < -0.3 is 24.4 Å². The highest BCUT2D eigenvalue weighted by Crippen LogP contribution is 2.38. The Hall–Kier alpha value is -4.36. The minimum absolute atomic E-state index is 0.00287. The summed E-state index contributed by atoms with van der Waals surface area (Å²) in [5, 5.41) is 15.4. The van der Waals surface area contributed by atoms with E-state index >= 15 is 0 Å². The number of hydrogen-bond acceptors (Lipinski definition) is 9. The maximum atomic E-state index is 14.3. The van der Waals surface area contributed by atoms with E-state index in [0.29, 0.717) is 30.5 Å². The molecule has 6 rings (SSSR count). The Labute approximate surface area is 283 Å². The maximum Gasteiger partial charge on any atom is 0.255 e. The Morgan fingerprint density at radius 1 is 0.979 bits per heavy atom. The number of aromatic hydroxyl groups is 1. The molecule has 0 bridgehead atoms. The number of anilines is 2. The fourth-order valence-electron chi connectivity index (χ4n) is 6.12. The molecule has 0 aliphatic carbocycles. The van der Waals surface area contributed by atoms with E-state index in [-0.39, 0.29) is 23.8 Å². The molecule has 4 aromatic rings. The molecule has 3 aromatic carbocycles. The van der Waals surface area contributed by atoms with Gasteiger partial charge in [-0.2, -0.15) is 0 Å². The number of phenols is 1. The van der Waals surface area contributed by atoms with Crippen molar-refractivity contribution in [2.24, 2.45) is 0 Å². The van der Waals surface area contributed by atoms with Crippen LogP contribution in [-0.4, -0.2) is 90.9 Å². The van der Waals surface area contributed by atoms with Gasteiger partial charge in [0.15, 0.2) is 5.13 Å². The Morgan fingerprint density at radius 3 is 2.46 bits per heavy atom. The summed E-state index contributed by atoms with van der Waals surface area (Å²) in [5.41, 5.74) is 4.20. The van der Waals surface area contributed by atoms with Crippen molar-refractivity contribution in [3.05, 3.63) is 94.7 Å². The lowest BCUT2D eigenvalue weighted by Crippen LogP contribution is -2.47. The van der Waals surface area contributed by atoms with Crippen molar-refractivity contribution in [2.45, 2.75) is 25.9 Å². The van der Waals surface area contributed by atoms with E-state index in [0.717, 1.165) is 80.3 Å². The number of thiazole rings is 1. The molecule has 1 unspecified atom stereocenters. The number of halogens is 1. The van der Waals surface area contributed by atoms with Crippen LogP contribution in [0.25, 0.3) is 11.1 Å². The molecule has 10 nitrogen and oxygen atoms in total. The van der Waals surface area contributed by atoms with Gasteiger partial charge in [-0.3, -0.25) is 19.8 Å². The topological polar surface area (TPSA) is 107 Å². The third-order valence-corrected chi connectivity index (χ3v) is 9.35. The van der Waals surface area contributed by atoms with Gasteiger partial charge in [0.2, 0.25) is 0 Å². The zero-order valence-electron chi connectivity index (χ0n) is 26.9. The van der Waals surface area contributed by atoms with E-state index in [9.17, 15) is 19.1 Å². The number of nitrogens with one attached hydrogen (secondary N) is 1. The summed E-state index contributed by atoms with van der Waals surface area (Å²) < 4.78 is 25.5. The van der Waals surface area contributed by atoms with Gasteiger partial charge in [0, 0.05) is 74.3 Å². The lowest BCUT2D eigenvalue weighted by atomic mass is 10.00. The molecule has 12 heteroatoms. The van der Waals surface area contributed by atoms with Crippen LogP contribution in [0.2, 0.25) is 0 Å². The number of ether oxygens (including phenoxy) is 2. The minimum Gasteiger partial charge on any atom is -0.508 e. The Morgan fingerprint density at radius 2 is 1.73 bits per heavy atom. The van der Waals surface area contributed by atoms with Crippen LogP contribution in [0, 0.1) is 5.82 Å². The number of hydrogen-bond donors (Lipinski definition) is 2. The molecule has 0 saturated carbocycles. The van der Waals surface area contributed by atoms with E-state index in [1.165, 1.54) is 22.3 Å². The molecular weight excluding hydrogens is 633 g/mol. The van der Waals surface area contributed by atoms with E-state index in [1.807, 2.05) is 18.2 Å². The first kappa shape index (κ1) is 33.5. The molecule has 2 aliphatic rings. The van der Waals surface area contributed by atoms with Crippen LogP contribution in [-0.2, 0) is 20.8 Å². The van der Waals surface area contributed by atoms with Crippen molar-refractivity contribution in [1.29, 1.82) is 0 Å². The Kier molecular flexibility index (Phi) is 11.0. The zero-order valence-corrected chi connectivity index (χ0v) is 27.8. The molecule has 1 atom stereocenters. The predicted molar refractivity (Wildman–Crippen MR) is 184 cm³/mol. The number of rotatable bonds is 14. The van der Waals surface area contributed by atoms with Crippen LogP contribution in [0.4, 0.5) is 15.2 Å². The number of nitrogens with zero attached hydrogens (tertiary/aromatic N) is 4. The van der Waals surface area contributed by atoms with Crippen LogP contribution in [0.15, 0.2) is 72.2 Å². The highest BCUT2D eigenvalue weighted by Gasteiger charge is 2.39. The van der Waals surface area contributed by atoms with Crippen molar-refractivity contribution in [3.8, 4) is 16.9 Å². The van der Waals surface area contributed by atoms with Gasteiger partial charge in [-0.25, -0.2) is 9.37 Å². The van der Waals surface area contributed by atoms with Crippen LogP contribution in [0.1, 0.15) is 40.9 Å². The lowest BCUT2D eigenvalue weighted by molar-refractivity contribution is -0.120. The summed E-state index contributed by atoms with van der Waals surface area (Å²) in [4.78, 5) is 37.7. The molecule has 0 radical (unpaired) electrons. The van der Waals surface area contributed by atoms with Gasteiger partial charge in [0.05, 0.1) is 19.8 Å². The van der Waals surface area contributed by atoms with Crippen molar-refractivity contribution in [2.75, 3.05) is 69.4 Å². The standard InChI is InChI=1S/C36H40FN5O5S/c1-2-17-46-19-20-47-18-16-40-12-14-41(15-13-40)29-8-5-25(6-9-29)26-3-4-27-24-42(35(45)30(27)22-26)33(31-23-28(37)7-10-32(31)43)34(44)39-36-38-11-21-48-36/h3-11,21-23,33,43H,2,12-20,24H2,1H3,(H,38,39,44). The maximum absolute atomic E-state index is 14.3. The summed E-state index contributed by atoms with van der Waals surface area (Å²) in [7, 11) is 0. The van der Waals surface area contributed by atoms with Crippen LogP contribution in [0.5, 0.6) is 5.75 Å². The normalized spacial score (nSPS) is 15.5. The molecule has 3 heterocycles. The minimum atomic E-state index is -1.27. The van der Waals surface area contributed by atoms with Crippen LogP contribution >= 0.6 is 11.3 Å². The number of fused-ring (bicyclic) bond motifs is 1. The van der Waals surface area contributed by atoms with Gasteiger partial charge in [-0.1, -0.05) is 31.2 Å². The fourth-order valence-corrected chi connectivity index (χ4v) is 6.65. The summed E-state index contributed by atoms with van der Waals surface area (Å²) in [5.74, 6) is -1.87. The molecule has 2 aliphatic heterocycles. The average molecular weight is 674 g/mol. The molecule has 2 amide bonds. The molecule has 2 N–H and O–H groups in total. The second-order valence-electron chi connectivity index (χ2n) is 11.8. The molecule has 252 valence electrons. The van der Waals surface area contributed by atoms with Gasteiger partial charge in [0.25, 0.3) is 11.8 Å². The first-order valence-electron chi connectivity index (χ1n) is 16.3. The largest absolute Gasteiger partial charge is 0.508 e. The molecule has 1 fully saturated rings. The second kappa shape index (κ2) is 15.7. The molecule has 1 aromatic heterocycles. The fraction of sp³-hybridized carbons (Fsp3) is 0.361. The first-order valence-corrected chi connectivity index (χ1v) is 17.1. The Bertz CT molecular complexity index is 1700. The number of aromatic nitrogens is 1.